The van der Waals surface area contributed by atoms with Gasteiger partial charge in [0.2, 0.25) is 0 Å². The SMILES string of the molecule is CCOC(=O)CC(=O)c1ccc2cn[nH]c2c1. The van der Waals surface area contributed by atoms with Crippen molar-refractivity contribution in [3.05, 3.63) is 30.0 Å². The molecular weight excluding hydrogens is 220 g/mol. The highest BCUT2D eigenvalue weighted by atomic mass is 16.5. The molecule has 2 rings (SSSR count). The Morgan fingerprint density at radius 3 is 3.00 bits per heavy atom. The molecule has 0 bridgehead atoms. The number of hydrogen-bond donors (Lipinski definition) is 1. The molecule has 2 aromatic rings. The minimum Gasteiger partial charge on any atom is -0.466 e. The van der Waals surface area contributed by atoms with Crippen LogP contribution in [-0.4, -0.2) is 28.6 Å². The number of hydrogen-bond acceptors (Lipinski definition) is 4. The molecule has 5 heteroatoms. The summed E-state index contributed by atoms with van der Waals surface area (Å²) in [5.74, 6) is -0.748. The van der Waals surface area contributed by atoms with Gasteiger partial charge >= 0.3 is 5.97 Å². The third-order valence-electron chi connectivity index (χ3n) is 2.37. The van der Waals surface area contributed by atoms with Gasteiger partial charge in [0, 0.05) is 10.9 Å². The Hall–Kier alpha value is -2.17. The second-order valence-corrected chi connectivity index (χ2v) is 3.58. The van der Waals surface area contributed by atoms with Crippen LogP contribution in [0.25, 0.3) is 10.9 Å². The maximum Gasteiger partial charge on any atom is 0.313 e. The van der Waals surface area contributed by atoms with Gasteiger partial charge in [0.05, 0.1) is 18.3 Å². The number of Topliss-reactive ketones (excluding diaryl/α,β-unsaturated/α-hetero) is 1. The molecule has 1 heterocycles. The molecule has 88 valence electrons. The molecule has 0 unspecified atom stereocenters. The molecule has 1 N–H and O–H groups in total. The Morgan fingerprint density at radius 2 is 2.24 bits per heavy atom. The highest BCUT2D eigenvalue weighted by Gasteiger charge is 2.13. The second kappa shape index (κ2) is 4.78. The van der Waals surface area contributed by atoms with Gasteiger partial charge in [-0.3, -0.25) is 14.7 Å². The zero-order valence-corrected chi connectivity index (χ0v) is 9.40. The lowest BCUT2D eigenvalue weighted by molar-refractivity contribution is -0.141. The number of nitrogens with one attached hydrogen (secondary N) is 1. The molecule has 0 aliphatic rings. The Labute approximate surface area is 97.8 Å². The van der Waals surface area contributed by atoms with E-state index in [4.69, 9.17) is 4.74 Å². The fourth-order valence-corrected chi connectivity index (χ4v) is 1.56. The Bertz CT molecular complexity index is 560. The highest BCUT2D eigenvalue weighted by molar-refractivity contribution is 6.07. The van der Waals surface area contributed by atoms with Crippen LogP contribution in [0.1, 0.15) is 23.7 Å². The number of carbonyl (C=O) groups is 2. The predicted octanol–water partition coefficient (Wildman–Crippen LogP) is 1.70. The average Bonchev–Trinajstić information content (AvgIpc) is 2.75. The monoisotopic (exact) mass is 232 g/mol. The van der Waals surface area contributed by atoms with E-state index >= 15 is 0 Å². The number of esters is 1. The third-order valence-corrected chi connectivity index (χ3v) is 2.37. The summed E-state index contributed by atoms with van der Waals surface area (Å²) in [5.41, 5.74) is 1.26. The molecule has 0 fully saturated rings. The van der Waals surface area contributed by atoms with E-state index in [0.29, 0.717) is 5.56 Å². The number of carbonyl (C=O) groups excluding carboxylic acids is 2. The molecule has 0 amide bonds. The quantitative estimate of drug-likeness (QED) is 0.494. The van der Waals surface area contributed by atoms with Crippen molar-refractivity contribution in [1.82, 2.24) is 10.2 Å². The lowest BCUT2D eigenvalue weighted by Crippen LogP contribution is -2.11. The lowest BCUT2D eigenvalue weighted by atomic mass is 10.1. The summed E-state index contributed by atoms with van der Waals surface area (Å²) in [6.45, 7) is 1.99. The van der Waals surface area contributed by atoms with Gasteiger partial charge in [-0.05, 0) is 13.0 Å². The summed E-state index contributed by atoms with van der Waals surface area (Å²) < 4.78 is 4.73. The molecule has 0 atom stereocenters. The number of fused-ring (bicyclic) bond motifs is 1. The number of aromatic nitrogens is 2. The summed E-state index contributed by atoms with van der Waals surface area (Å²) in [6, 6.07) is 5.15. The van der Waals surface area contributed by atoms with Crippen LogP contribution in [0.4, 0.5) is 0 Å². The van der Waals surface area contributed by atoms with Gasteiger partial charge in [0.1, 0.15) is 6.42 Å². The van der Waals surface area contributed by atoms with Gasteiger partial charge in [0.25, 0.3) is 0 Å². The number of H-pyrrole nitrogens is 1. The zero-order chi connectivity index (χ0) is 12.3. The normalized spacial score (nSPS) is 10.4. The van der Waals surface area contributed by atoms with Crippen molar-refractivity contribution in [2.75, 3.05) is 6.61 Å². The predicted molar refractivity (Wildman–Crippen MR) is 61.7 cm³/mol. The van der Waals surface area contributed by atoms with Gasteiger partial charge in [-0.15, -0.1) is 0 Å². The molecule has 0 aliphatic heterocycles. The van der Waals surface area contributed by atoms with Crippen molar-refractivity contribution >= 4 is 22.7 Å². The van der Waals surface area contributed by atoms with E-state index in [9.17, 15) is 9.59 Å². The lowest BCUT2D eigenvalue weighted by Gasteiger charge is -2.01. The van der Waals surface area contributed by atoms with E-state index in [1.54, 1.807) is 31.3 Å². The van der Waals surface area contributed by atoms with Crippen LogP contribution < -0.4 is 0 Å². The van der Waals surface area contributed by atoms with Crippen LogP contribution in [0, 0.1) is 0 Å². The Balaban J connectivity index is 2.15. The van der Waals surface area contributed by atoms with Crippen LogP contribution in [-0.2, 0) is 9.53 Å². The number of rotatable bonds is 4. The van der Waals surface area contributed by atoms with Gasteiger partial charge in [-0.2, -0.15) is 5.10 Å². The Kier molecular flexibility index (Phi) is 3.18. The van der Waals surface area contributed by atoms with Crippen molar-refractivity contribution in [3.63, 3.8) is 0 Å². The van der Waals surface area contributed by atoms with Gasteiger partial charge in [-0.25, -0.2) is 0 Å². The summed E-state index contributed by atoms with van der Waals surface area (Å²) in [6.07, 6.45) is 1.45. The van der Waals surface area contributed by atoms with Crippen molar-refractivity contribution in [1.29, 1.82) is 0 Å². The summed E-state index contributed by atoms with van der Waals surface area (Å²) in [5, 5.41) is 7.57. The molecule has 0 saturated heterocycles. The summed E-state index contributed by atoms with van der Waals surface area (Å²) in [7, 11) is 0. The van der Waals surface area contributed by atoms with E-state index in [1.165, 1.54) is 0 Å². The van der Waals surface area contributed by atoms with Crippen molar-refractivity contribution in [3.8, 4) is 0 Å². The number of aromatic amines is 1. The molecule has 0 spiro atoms. The molecule has 0 saturated carbocycles. The first-order valence-electron chi connectivity index (χ1n) is 5.32. The molecule has 1 aromatic carbocycles. The smallest absolute Gasteiger partial charge is 0.313 e. The maximum atomic E-state index is 11.8. The first kappa shape index (κ1) is 11.3. The van der Waals surface area contributed by atoms with E-state index in [1.807, 2.05) is 0 Å². The highest BCUT2D eigenvalue weighted by Crippen LogP contribution is 2.14. The second-order valence-electron chi connectivity index (χ2n) is 3.58. The van der Waals surface area contributed by atoms with Crippen LogP contribution in [0.2, 0.25) is 0 Å². The average molecular weight is 232 g/mol. The fourth-order valence-electron chi connectivity index (χ4n) is 1.56. The molecule has 1 aromatic heterocycles. The van der Waals surface area contributed by atoms with Gasteiger partial charge in [0.15, 0.2) is 5.78 Å². The zero-order valence-electron chi connectivity index (χ0n) is 9.40. The summed E-state index contributed by atoms with van der Waals surface area (Å²) in [4.78, 5) is 22.9. The van der Waals surface area contributed by atoms with E-state index in [0.717, 1.165) is 10.9 Å². The van der Waals surface area contributed by atoms with Gasteiger partial charge < -0.3 is 4.74 Å². The van der Waals surface area contributed by atoms with E-state index < -0.39 is 5.97 Å². The first-order chi connectivity index (χ1) is 8.20. The number of ketones is 1. The fraction of sp³-hybridized carbons (Fsp3) is 0.250. The molecule has 17 heavy (non-hydrogen) atoms. The standard InChI is InChI=1S/C12H12N2O3/c1-2-17-12(16)6-11(15)8-3-4-9-7-13-14-10(9)5-8/h3-5,7H,2,6H2,1H3,(H,13,14). The van der Waals surface area contributed by atoms with Crippen molar-refractivity contribution < 1.29 is 14.3 Å². The van der Waals surface area contributed by atoms with E-state index in [2.05, 4.69) is 10.2 Å². The number of ether oxygens (including phenoxy) is 1. The minimum absolute atomic E-state index is 0.229. The summed E-state index contributed by atoms with van der Waals surface area (Å²) >= 11 is 0. The number of nitrogens with zero attached hydrogens (tertiary/aromatic N) is 1. The maximum absolute atomic E-state index is 11.8. The first-order valence-corrected chi connectivity index (χ1v) is 5.32. The Morgan fingerprint density at radius 1 is 1.41 bits per heavy atom. The minimum atomic E-state index is -0.498. The van der Waals surface area contributed by atoms with Crippen LogP contribution >= 0.6 is 0 Å². The molecule has 0 aliphatic carbocycles. The van der Waals surface area contributed by atoms with Crippen molar-refractivity contribution in [2.45, 2.75) is 13.3 Å². The van der Waals surface area contributed by atoms with Gasteiger partial charge in [-0.1, -0.05) is 12.1 Å². The van der Waals surface area contributed by atoms with Crippen LogP contribution in [0.3, 0.4) is 0 Å². The molecule has 0 radical (unpaired) electrons. The third kappa shape index (κ3) is 2.50. The molecule has 5 nitrogen and oxygen atoms in total. The molecular formula is C12H12N2O3. The van der Waals surface area contributed by atoms with E-state index in [-0.39, 0.29) is 18.8 Å². The van der Waals surface area contributed by atoms with Crippen LogP contribution in [0.5, 0.6) is 0 Å². The largest absolute Gasteiger partial charge is 0.466 e. The van der Waals surface area contributed by atoms with Crippen molar-refractivity contribution in [2.24, 2.45) is 0 Å². The topological polar surface area (TPSA) is 72.1 Å². The number of benzene rings is 1. The van der Waals surface area contributed by atoms with Crippen LogP contribution in [0.15, 0.2) is 24.4 Å².